The standard InChI is InChI=1S/C22H29N7O/c1-21(2)10-15(11-22(3,4)28-21)29(5)19-9-8-18(26-27-19)16-6-7-17(25-20(16)30)14-12-23-24-13-14/h6-9,12-13,15,28H,10-11H2,1-5H3,(H,23,24)(H,25,30). The van der Waals surface area contributed by atoms with Crippen LogP contribution in [0, 0.1) is 0 Å². The zero-order valence-electron chi connectivity index (χ0n) is 18.1. The summed E-state index contributed by atoms with van der Waals surface area (Å²) in [6.45, 7) is 8.97. The molecule has 4 heterocycles. The number of aromatic hydroxyl groups is 1. The molecule has 0 aromatic carbocycles. The minimum Gasteiger partial charge on any atom is -0.493 e. The van der Waals surface area contributed by atoms with Gasteiger partial charge >= 0.3 is 0 Å². The first-order chi connectivity index (χ1) is 14.1. The molecule has 8 heteroatoms. The van der Waals surface area contributed by atoms with Gasteiger partial charge in [-0.05, 0) is 64.8 Å². The number of nitrogens with one attached hydrogen (secondary N) is 2. The van der Waals surface area contributed by atoms with Crippen LogP contribution in [0.5, 0.6) is 5.88 Å². The van der Waals surface area contributed by atoms with Gasteiger partial charge in [0.15, 0.2) is 5.82 Å². The Hall–Kier alpha value is -3.00. The van der Waals surface area contributed by atoms with E-state index in [2.05, 4.69) is 70.3 Å². The van der Waals surface area contributed by atoms with Gasteiger partial charge < -0.3 is 15.3 Å². The average Bonchev–Trinajstić information content (AvgIpc) is 3.20. The highest BCUT2D eigenvalue weighted by Crippen LogP contribution is 2.33. The molecule has 3 aromatic rings. The van der Waals surface area contributed by atoms with Crippen LogP contribution in [-0.2, 0) is 0 Å². The lowest BCUT2D eigenvalue weighted by atomic mass is 9.79. The molecule has 0 aliphatic carbocycles. The lowest BCUT2D eigenvalue weighted by Crippen LogP contribution is -2.62. The van der Waals surface area contributed by atoms with E-state index in [1.807, 2.05) is 18.2 Å². The first kappa shape index (κ1) is 20.3. The second-order valence-electron chi connectivity index (χ2n) is 9.40. The highest BCUT2D eigenvalue weighted by atomic mass is 16.3. The number of nitrogens with zero attached hydrogens (tertiary/aromatic N) is 5. The third-order valence-corrected chi connectivity index (χ3v) is 5.67. The molecule has 4 rings (SSSR count). The molecule has 0 unspecified atom stereocenters. The first-order valence-corrected chi connectivity index (χ1v) is 10.2. The van der Waals surface area contributed by atoms with Crippen LogP contribution in [0.3, 0.4) is 0 Å². The Morgan fingerprint density at radius 1 is 1.00 bits per heavy atom. The number of piperidine rings is 1. The van der Waals surface area contributed by atoms with Crippen molar-refractivity contribution in [3.63, 3.8) is 0 Å². The second-order valence-corrected chi connectivity index (χ2v) is 9.40. The highest BCUT2D eigenvalue weighted by Gasteiger charge is 2.39. The Bertz CT molecular complexity index is 996. The minimum absolute atomic E-state index is 0.0578. The van der Waals surface area contributed by atoms with E-state index in [1.165, 1.54) is 0 Å². The third kappa shape index (κ3) is 4.14. The molecule has 30 heavy (non-hydrogen) atoms. The molecule has 1 aliphatic heterocycles. The summed E-state index contributed by atoms with van der Waals surface area (Å²) in [6.07, 6.45) is 5.44. The molecule has 1 fully saturated rings. The van der Waals surface area contributed by atoms with Gasteiger partial charge in [-0.1, -0.05) is 0 Å². The number of hydrogen-bond acceptors (Lipinski definition) is 7. The Morgan fingerprint density at radius 2 is 1.70 bits per heavy atom. The van der Waals surface area contributed by atoms with Crippen LogP contribution in [0.4, 0.5) is 5.82 Å². The number of H-pyrrole nitrogens is 1. The maximum atomic E-state index is 10.4. The van der Waals surface area contributed by atoms with Crippen LogP contribution in [0.15, 0.2) is 36.7 Å². The summed E-state index contributed by atoms with van der Waals surface area (Å²) >= 11 is 0. The summed E-state index contributed by atoms with van der Waals surface area (Å²) in [5.74, 6) is 0.741. The smallest absolute Gasteiger partial charge is 0.221 e. The van der Waals surface area contributed by atoms with Gasteiger partial charge in [0.25, 0.3) is 0 Å². The zero-order valence-corrected chi connectivity index (χ0v) is 18.1. The first-order valence-electron chi connectivity index (χ1n) is 10.2. The Balaban J connectivity index is 1.54. The molecule has 8 nitrogen and oxygen atoms in total. The summed E-state index contributed by atoms with van der Waals surface area (Å²) in [5.41, 5.74) is 2.71. The van der Waals surface area contributed by atoms with Crippen LogP contribution in [-0.4, -0.2) is 54.7 Å². The van der Waals surface area contributed by atoms with Crippen LogP contribution in [0.2, 0.25) is 0 Å². The number of aromatic amines is 1. The molecule has 3 N–H and O–H groups in total. The zero-order chi connectivity index (χ0) is 21.5. The molecule has 0 bridgehead atoms. The number of pyridine rings is 1. The number of hydrogen-bond donors (Lipinski definition) is 3. The van der Waals surface area contributed by atoms with Crippen molar-refractivity contribution in [3.8, 4) is 28.4 Å². The molecule has 3 aromatic heterocycles. The van der Waals surface area contributed by atoms with Crippen molar-refractivity contribution in [2.24, 2.45) is 0 Å². The average molecular weight is 408 g/mol. The Labute approximate surface area is 176 Å². The predicted octanol–water partition coefficient (Wildman–Crippen LogP) is 3.38. The SMILES string of the molecule is CN(c1ccc(-c2ccc(-c3cn[nH]c3)nc2O)nn1)C1CC(C)(C)NC(C)(C)C1. The summed E-state index contributed by atoms with van der Waals surface area (Å²) < 4.78 is 0. The van der Waals surface area contributed by atoms with Crippen molar-refractivity contribution in [1.29, 1.82) is 0 Å². The Morgan fingerprint density at radius 3 is 2.27 bits per heavy atom. The van der Waals surface area contributed by atoms with Crippen molar-refractivity contribution >= 4 is 5.82 Å². The van der Waals surface area contributed by atoms with Crippen molar-refractivity contribution in [2.75, 3.05) is 11.9 Å². The number of aromatic nitrogens is 5. The van der Waals surface area contributed by atoms with E-state index in [1.54, 1.807) is 18.5 Å². The monoisotopic (exact) mass is 407 g/mol. The second kappa shape index (κ2) is 7.36. The van der Waals surface area contributed by atoms with E-state index < -0.39 is 0 Å². The maximum Gasteiger partial charge on any atom is 0.221 e. The fraction of sp³-hybridized carbons (Fsp3) is 0.455. The van der Waals surface area contributed by atoms with E-state index in [0.717, 1.165) is 24.2 Å². The van der Waals surface area contributed by atoms with E-state index in [9.17, 15) is 5.11 Å². The number of anilines is 1. The largest absolute Gasteiger partial charge is 0.493 e. The minimum atomic E-state index is -0.0778. The van der Waals surface area contributed by atoms with Gasteiger partial charge in [0.05, 0.1) is 23.1 Å². The topological polar surface area (TPSA) is 103 Å². The van der Waals surface area contributed by atoms with E-state index in [-0.39, 0.29) is 17.0 Å². The van der Waals surface area contributed by atoms with Crippen molar-refractivity contribution in [2.45, 2.75) is 57.7 Å². The van der Waals surface area contributed by atoms with Crippen molar-refractivity contribution in [3.05, 3.63) is 36.7 Å². The van der Waals surface area contributed by atoms with E-state index >= 15 is 0 Å². The van der Waals surface area contributed by atoms with Crippen LogP contribution >= 0.6 is 0 Å². The number of rotatable bonds is 4. The fourth-order valence-corrected chi connectivity index (χ4v) is 4.59. The molecule has 0 spiro atoms. The maximum absolute atomic E-state index is 10.4. The fourth-order valence-electron chi connectivity index (χ4n) is 4.59. The summed E-state index contributed by atoms with van der Waals surface area (Å²) in [4.78, 5) is 6.47. The van der Waals surface area contributed by atoms with Gasteiger partial charge in [-0.3, -0.25) is 5.10 Å². The highest BCUT2D eigenvalue weighted by molar-refractivity contribution is 5.69. The molecule has 0 amide bonds. The molecule has 1 saturated heterocycles. The van der Waals surface area contributed by atoms with Gasteiger partial charge in [0, 0.05) is 35.9 Å². The summed E-state index contributed by atoms with van der Waals surface area (Å²) in [7, 11) is 2.07. The predicted molar refractivity (Wildman–Crippen MR) is 117 cm³/mol. The summed E-state index contributed by atoms with van der Waals surface area (Å²) in [5, 5.41) is 29.6. The molecular weight excluding hydrogens is 378 g/mol. The molecule has 158 valence electrons. The van der Waals surface area contributed by atoms with Crippen LogP contribution < -0.4 is 10.2 Å². The van der Waals surface area contributed by atoms with Gasteiger partial charge in [-0.25, -0.2) is 4.98 Å². The van der Waals surface area contributed by atoms with Gasteiger partial charge in [0.1, 0.15) is 0 Å². The lowest BCUT2D eigenvalue weighted by molar-refractivity contribution is 0.160. The van der Waals surface area contributed by atoms with Gasteiger partial charge in [-0.2, -0.15) is 5.10 Å². The lowest BCUT2D eigenvalue weighted by Gasteiger charge is -2.49. The molecule has 0 radical (unpaired) electrons. The normalized spacial score (nSPS) is 18.3. The third-order valence-electron chi connectivity index (χ3n) is 5.67. The van der Waals surface area contributed by atoms with E-state index in [4.69, 9.17) is 0 Å². The van der Waals surface area contributed by atoms with E-state index in [0.29, 0.717) is 23.0 Å². The van der Waals surface area contributed by atoms with Crippen LogP contribution in [0.1, 0.15) is 40.5 Å². The van der Waals surface area contributed by atoms with Gasteiger partial charge in [0.2, 0.25) is 5.88 Å². The summed E-state index contributed by atoms with van der Waals surface area (Å²) in [6, 6.07) is 7.83. The molecule has 0 atom stereocenters. The molecular formula is C22H29N7O. The Kier molecular flexibility index (Phi) is 4.97. The molecule has 0 saturated carbocycles. The quantitative estimate of drug-likeness (QED) is 0.609. The van der Waals surface area contributed by atoms with Crippen molar-refractivity contribution in [1.82, 2.24) is 30.7 Å². The van der Waals surface area contributed by atoms with Gasteiger partial charge in [-0.15, -0.1) is 10.2 Å². The molecule has 1 aliphatic rings. The van der Waals surface area contributed by atoms with Crippen molar-refractivity contribution < 1.29 is 5.11 Å². The van der Waals surface area contributed by atoms with Crippen LogP contribution in [0.25, 0.3) is 22.5 Å².